The summed E-state index contributed by atoms with van der Waals surface area (Å²) in [5.74, 6) is 0.916. The zero-order valence-electron chi connectivity index (χ0n) is 9.13. The van der Waals surface area contributed by atoms with E-state index in [4.69, 9.17) is 10.5 Å². The SMILES string of the molecule is Cc1[nH]c2cccc(OCCN)c2c1C. The Labute approximate surface area is 89.2 Å². The first-order valence-electron chi connectivity index (χ1n) is 5.15. The van der Waals surface area contributed by atoms with Gasteiger partial charge in [0.05, 0.1) is 0 Å². The summed E-state index contributed by atoms with van der Waals surface area (Å²) >= 11 is 0. The van der Waals surface area contributed by atoms with Crippen molar-refractivity contribution in [2.75, 3.05) is 13.2 Å². The minimum absolute atomic E-state index is 0.541. The average molecular weight is 204 g/mol. The van der Waals surface area contributed by atoms with Gasteiger partial charge in [-0.15, -0.1) is 0 Å². The molecule has 0 saturated carbocycles. The molecule has 15 heavy (non-hydrogen) atoms. The molecule has 0 aliphatic heterocycles. The number of aromatic amines is 1. The van der Waals surface area contributed by atoms with Crippen molar-refractivity contribution >= 4 is 10.9 Å². The van der Waals surface area contributed by atoms with Crippen molar-refractivity contribution < 1.29 is 4.74 Å². The number of fused-ring (bicyclic) bond motifs is 1. The van der Waals surface area contributed by atoms with Crippen LogP contribution in [-0.4, -0.2) is 18.1 Å². The van der Waals surface area contributed by atoms with Crippen LogP contribution in [0.15, 0.2) is 18.2 Å². The molecule has 3 heteroatoms. The van der Waals surface area contributed by atoms with E-state index in [1.165, 1.54) is 16.6 Å². The fourth-order valence-corrected chi connectivity index (χ4v) is 1.79. The second-order valence-corrected chi connectivity index (χ2v) is 3.69. The highest BCUT2D eigenvalue weighted by Gasteiger charge is 2.08. The van der Waals surface area contributed by atoms with Gasteiger partial charge in [0.25, 0.3) is 0 Å². The van der Waals surface area contributed by atoms with Crippen LogP contribution in [0, 0.1) is 13.8 Å². The summed E-state index contributed by atoms with van der Waals surface area (Å²) in [6.07, 6.45) is 0. The van der Waals surface area contributed by atoms with Gasteiger partial charge < -0.3 is 15.5 Å². The van der Waals surface area contributed by atoms with Crippen LogP contribution in [0.25, 0.3) is 10.9 Å². The summed E-state index contributed by atoms with van der Waals surface area (Å²) in [6.45, 7) is 5.27. The Kier molecular flexibility index (Phi) is 2.64. The molecule has 0 amide bonds. The fraction of sp³-hybridized carbons (Fsp3) is 0.333. The molecule has 2 aromatic rings. The molecule has 2 rings (SSSR count). The first-order valence-corrected chi connectivity index (χ1v) is 5.15. The van der Waals surface area contributed by atoms with Gasteiger partial charge in [-0.1, -0.05) is 6.07 Å². The zero-order chi connectivity index (χ0) is 10.8. The lowest BCUT2D eigenvalue weighted by atomic mass is 10.1. The van der Waals surface area contributed by atoms with Gasteiger partial charge in [-0.05, 0) is 31.5 Å². The van der Waals surface area contributed by atoms with Gasteiger partial charge in [0.15, 0.2) is 0 Å². The molecule has 3 nitrogen and oxygen atoms in total. The van der Waals surface area contributed by atoms with Gasteiger partial charge in [-0.25, -0.2) is 0 Å². The minimum atomic E-state index is 0.541. The van der Waals surface area contributed by atoms with Crippen LogP contribution < -0.4 is 10.5 Å². The largest absolute Gasteiger partial charge is 0.492 e. The molecule has 0 bridgehead atoms. The number of nitrogens with two attached hydrogens (primary N) is 1. The van der Waals surface area contributed by atoms with Crippen molar-refractivity contribution in [1.82, 2.24) is 4.98 Å². The van der Waals surface area contributed by atoms with E-state index < -0.39 is 0 Å². The molecule has 0 spiro atoms. The molecule has 0 unspecified atom stereocenters. The summed E-state index contributed by atoms with van der Waals surface area (Å²) in [5, 5.41) is 1.17. The molecule has 0 atom stereocenters. The Morgan fingerprint density at radius 2 is 2.13 bits per heavy atom. The Morgan fingerprint density at radius 1 is 1.33 bits per heavy atom. The third-order valence-electron chi connectivity index (χ3n) is 2.66. The van der Waals surface area contributed by atoms with Gasteiger partial charge in [0, 0.05) is 23.1 Å². The number of rotatable bonds is 3. The predicted octanol–water partition coefficient (Wildman–Crippen LogP) is 2.12. The third kappa shape index (κ3) is 1.70. The molecule has 0 aliphatic carbocycles. The Balaban J connectivity index is 2.53. The van der Waals surface area contributed by atoms with E-state index in [0.29, 0.717) is 13.2 Å². The summed E-state index contributed by atoms with van der Waals surface area (Å²) in [5.41, 5.74) is 8.99. The maximum absolute atomic E-state index is 5.62. The lowest BCUT2D eigenvalue weighted by Crippen LogP contribution is -2.10. The second kappa shape index (κ2) is 3.95. The minimum Gasteiger partial charge on any atom is -0.492 e. The van der Waals surface area contributed by atoms with Gasteiger partial charge in [-0.2, -0.15) is 0 Å². The molecular formula is C12H16N2O. The van der Waals surface area contributed by atoms with Crippen LogP contribution >= 0.6 is 0 Å². The van der Waals surface area contributed by atoms with E-state index in [-0.39, 0.29) is 0 Å². The molecule has 1 aromatic carbocycles. The number of aryl methyl sites for hydroxylation is 2. The van der Waals surface area contributed by atoms with Gasteiger partial charge in [-0.3, -0.25) is 0 Å². The van der Waals surface area contributed by atoms with Crippen molar-refractivity contribution in [3.63, 3.8) is 0 Å². The molecular weight excluding hydrogens is 188 g/mol. The first-order chi connectivity index (χ1) is 7.24. The van der Waals surface area contributed by atoms with Crippen LogP contribution in [-0.2, 0) is 0 Å². The number of H-pyrrole nitrogens is 1. The lowest BCUT2D eigenvalue weighted by Gasteiger charge is -2.06. The molecule has 3 N–H and O–H groups in total. The van der Waals surface area contributed by atoms with Gasteiger partial charge in [0.2, 0.25) is 0 Å². The van der Waals surface area contributed by atoms with Gasteiger partial charge in [0.1, 0.15) is 12.4 Å². The van der Waals surface area contributed by atoms with Crippen molar-refractivity contribution in [3.8, 4) is 5.75 Å². The molecule has 0 radical (unpaired) electrons. The lowest BCUT2D eigenvalue weighted by molar-refractivity contribution is 0.332. The fourth-order valence-electron chi connectivity index (χ4n) is 1.79. The quantitative estimate of drug-likeness (QED) is 0.804. The molecule has 1 heterocycles. The van der Waals surface area contributed by atoms with E-state index in [9.17, 15) is 0 Å². The molecule has 80 valence electrons. The maximum Gasteiger partial charge on any atom is 0.129 e. The van der Waals surface area contributed by atoms with E-state index >= 15 is 0 Å². The molecule has 1 aromatic heterocycles. The van der Waals surface area contributed by atoms with E-state index in [1.54, 1.807) is 0 Å². The van der Waals surface area contributed by atoms with Crippen LogP contribution in [0.3, 0.4) is 0 Å². The van der Waals surface area contributed by atoms with Crippen LogP contribution in [0.4, 0.5) is 0 Å². The topological polar surface area (TPSA) is 51.0 Å². The second-order valence-electron chi connectivity index (χ2n) is 3.69. The van der Waals surface area contributed by atoms with E-state index in [0.717, 1.165) is 11.3 Å². The summed E-state index contributed by atoms with van der Waals surface area (Å²) in [6, 6.07) is 6.03. The highest BCUT2D eigenvalue weighted by Crippen LogP contribution is 2.30. The summed E-state index contributed by atoms with van der Waals surface area (Å²) in [4.78, 5) is 3.33. The third-order valence-corrected chi connectivity index (χ3v) is 2.66. The smallest absolute Gasteiger partial charge is 0.129 e. The Morgan fingerprint density at radius 3 is 2.87 bits per heavy atom. The molecule has 0 aliphatic rings. The first kappa shape index (κ1) is 10.1. The number of benzene rings is 1. The average Bonchev–Trinajstić information content (AvgIpc) is 2.53. The molecule has 0 fully saturated rings. The summed E-state index contributed by atoms with van der Waals surface area (Å²) in [7, 11) is 0. The zero-order valence-corrected chi connectivity index (χ0v) is 9.13. The Hall–Kier alpha value is -1.48. The maximum atomic E-state index is 5.62. The van der Waals surface area contributed by atoms with Crippen molar-refractivity contribution in [1.29, 1.82) is 0 Å². The monoisotopic (exact) mass is 204 g/mol. The van der Waals surface area contributed by atoms with Crippen LogP contribution in [0.5, 0.6) is 5.75 Å². The number of aromatic nitrogens is 1. The standard InChI is InChI=1S/C12H16N2O/c1-8-9(2)14-10-4-3-5-11(12(8)10)15-7-6-13/h3-5,14H,6-7,13H2,1-2H3. The highest BCUT2D eigenvalue weighted by atomic mass is 16.5. The van der Waals surface area contributed by atoms with Crippen molar-refractivity contribution in [3.05, 3.63) is 29.5 Å². The Bertz CT molecular complexity index is 474. The molecule has 0 saturated heterocycles. The van der Waals surface area contributed by atoms with E-state index in [1.807, 2.05) is 12.1 Å². The van der Waals surface area contributed by atoms with Crippen molar-refractivity contribution in [2.24, 2.45) is 5.73 Å². The number of hydrogen-bond donors (Lipinski definition) is 2. The number of nitrogens with one attached hydrogen (secondary N) is 1. The van der Waals surface area contributed by atoms with Crippen LogP contribution in [0.1, 0.15) is 11.3 Å². The predicted molar refractivity (Wildman–Crippen MR) is 62.3 cm³/mol. The number of hydrogen-bond acceptors (Lipinski definition) is 2. The van der Waals surface area contributed by atoms with Crippen LogP contribution in [0.2, 0.25) is 0 Å². The van der Waals surface area contributed by atoms with Gasteiger partial charge >= 0.3 is 0 Å². The highest BCUT2D eigenvalue weighted by molar-refractivity contribution is 5.90. The van der Waals surface area contributed by atoms with E-state index in [2.05, 4.69) is 24.9 Å². The number of ether oxygens (including phenoxy) is 1. The normalized spacial score (nSPS) is 10.9. The summed E-state index contributed by atoms with van der Waals surface area (Å²) < 4.78 is 5.62. The van der Waals surface area contributed by atoms with Crippen molar-refractivity contribution in [2.45, 2.75) is 13.8 Å².